The Morgan fingerprint density at radius 3 is 2.00 bits per heavy atom. The van der Waals surface area contributed by atoms with Crippen LogP contribution < -0.4 is 14.2 Å². The number of benzene rings is 1. The van der Waals surface area contributed by atoms with Crippen molar-refractivity contribution in [1.82, 2.24) is 0 Å². The van der Waals surface area contributed by atoms with Crippen LogP contribution >= 0.6 is 0 Å². The summed E-state index contributed by atoms with van der Waals surface area (Å²) < 4.78 is 15.6. The molecule has 0 saturated carbocycles. The van der Waals surface area contributed by atoms with Gasteiger partial charge in [0, 0.05) is 5.56 Å². The highest BCUT2D eigenvalue weighted by atomic mass is 16.6. The van der Waals surface area contributed by atoms with Gasteiger partial charge in [-0.05, 0) is 5.92 Å². The number of nitro groups is 1. The molecule has 0 spiro atoms. The minimum atomic E-state index is -0.493. The molecule has 0 aliphatic carbocycles. The van der Waals surface area contributed by atoms with Gasteiger partial charge in [0.25, 0.3) is 0 Å². The lowest BCUT2D eigenvalue weighted by Gasteiger charge is -2.18. The maximum Gasteiger partial charge on any atom is 0.315 e. The van der Waals surface area contributed by atoms with Crippen LogP contribution in [-0.2, 0) is 0 Å². The van der Waals surface area contributed by atoms with E-state index in [4.69, 9.17) is 14.2 Å². The molecule has 0 atom stereocenters. The number of methoxy groups -OCH3 is 3. The van der Waals surface area contributed by atoms with Crippen LogP contribution in [0.5, 0.6) is 17.2 Å². The number of nitro benzene ring substituents is 1. The summed E-state index contributed by atoms with van der Waals surface area (Å²) in [6.45, 7) is 3.81. The Kier molecular flexibility index (Phi) is 4.36. The van der Waals surface area contributed by atoms with Crippen LogP contribution in [0.2, 0.25) is 0 Å². The molecule has 0 radical (unpaired) electrons. The smallest absolute Gasteiger partial charge is 0.315 e. The van der Waals surface area contributed by atoms with E-state index in [-0.39, 0.29) is 17.4 Å². The number of hydrogen-bond acceptors (Lipinski definition) is 5. The molecule has 0 amide bonds. The van der Waals surface area contributed by atoms with Crippen molar-refractivity contribution in [2.45, 2.75) is 19.8 Å². The molecule has 0 aromatic heterocycles. The van der Waals surface area contributed by atoms with E-state index in [1.807, 2.05) is 13.8 Å². The summed E-state index contributed by atoms with van der Waals surface area (Å²) in [5, 5.41) is 11.1. The Balaban J connectivity index is 3.69. The van der Waals surface area contributed by atoms with Crippen LogP contribution in [0.15, 0.2) is 6.07 Å². The Morgan fingerprint density at radius 1 is 1.11 bits per heavy atom. The SMILES string of the molecule is COc1cc([N+](=O)[O-])c(OC)c(C(C)C)c1OC. The van der Waals surface area contributed by atoms with Gasteiger partial charge in [0.2, 0.25) is 5.75 Å². The van der Waals surface area contributed by atoms with Gasteiger partial charge in [0.05, 0.1) is 32.3 Å². The van der Waals surface area contributed by atoms with E-state index in [1.54, 1.807) is 0 Å². The first-order chi connectivity index (χ1) is 8.47. The van der Waals surface area contributed by atoms with Crippen LogP contribution in [0, 0.1) is 10.1 Å². The number of nitrogens with zero attached hydrogens (tertiary/aromatic N) is 1. The highest BCUT2D eigenvalue weighted by molar-refractivity contribution is 5.65. The van der Waals surface area contributed by atoms with Gasteiger partial charge < -0.3 is 14.2 Å². The third kappa shape index (κ3) is 2.32. The zero-order chi connectivity index (χ0) is 13.9. The second-order valence-electron chi connectivity index (χ2n) is 3.99. The van der Waals surface area contributed by atoms with E-state index < -0.39 is 4.92 Å². The first kappa shape index (κ1) is 14.1. The molecular weight excluding hydrogens is 238 g/mol. The summed E-state index contributed by atoms with van der Waals surface area (Å²) in [6.07, 6.45) is 0. The average molecular weight is 255 g/mol. The highest BCUT2D eigenvalue weighted by Gasteiger charge is 2.28. The van der Waals surface area contributed by atoms with Crippen molar-refractivity contribution in [2.24, 2.45) is 0 Å². The normalized spacial score (nSPS) is 10.3. The number of hydrogen-bond donors (Lipinski definition) is 0. The van der Waals surface area contributed by atoms with Crippen LogP contribution in [0.25, 0.3) is 0 Å². The van der Waals surface area contributed by atoms with Crippen LogP contribution in [0.3, 0.4) is 0 Å². The van der Waals surface area contributed by atoms with Crippen molar-refractivity contribution in [2.75, 3.05) is 21.3 Å². The standard InChI is InChI=1S/C12H17NO5/c1-7(2)10-11(17-4)8(13(14)15)6-9(16-3)12(10)18-5/h6-7H,1-5H3. The maximum atomic E-state index is 11.1. The van der Waals surface area contributed by atoms with Gasteiger partial charge in [-0.15, -0.1) is 0 Å². The molecule has 0 N–H and O–H groups in total. The molecular formula is C12H17NO5. The van der Waals surface area contributed by atoms with Gasteiger partial charge in [0.15, 0.2) is 11.5 Å². The fourth-order valence-corrected chi connectivity index (χ4v) is 1.87. The molecule has 1 aromatic carbocycles. The minimum absolute atomic E-state index is 0.00343. The Bertz CT molecular complexity index is 456. The molecule has 1 aromatic rings. The number of ether oxygens (including phenoxy) is 3. The van der Waals surface area contributed by atoms with E-state index >= 15 is 0 Å². The third-order valence-corrected chi connectivity index (χ3v) is 2.62. The molecule has 0 aliphatic heterocycles. The summed E-state index contributed by atoms with van der Waals surface area (Å²) in [7, 11) is 4.34. The van der Waals surface area contributed by atoms with Crippen molar-refractivity contribution in [1.29, 1.82) is 0 Å². The van der Waals surface area contributed by atoms with Crippen molar-refractivity contribution in [3.05, 3.63) is 21.7 Å². The maximum absolute atomic E-state index is 11.1. The first-order valence-corrected chi connectivity index (χ1v) is 5.45. The molecule has 0 bridgehead atoms. The lowest BCUT2D eigenvalue weighted by molar-refractivity contribution is -0.385. The Labute approximate surface area is 106 Å². The second kappa shape index (κ2) is 5.57. The van der Waals surface area contributed by atoms with E-state index in [2.05, 4.69) is 0 Å². The van der Waals surface area contributed by atoms with E-state index in [1.165, 1.54) is 27.4 Å². The van der Waals surface area contributed by atoms with Crippen molar-refractivity contribution >= 4 is 5.69 Å². The van der Waals surface area contributed by atoms with E-state index in [0.29, 0.717) is 17.1 Å². The molecule has 0 unspecified atom stereocenters. The largest absolute Gasteiger partial charge is 0.493 e. The third-order valence-electron chi connectivity index (χ3n) is 2.62. The van der Waals surface area contributed by atoms with Gasteiger partial charge in [0.1, 0.15) is 0 Å². The molecule has 6 nitrogen and oxygen atoms in total. The lowest BCUT2D eigenvalue weighted by atomic mass is 9.99. The minimum Gasteiger partial charge on any atom is -0.493 e. The molecule has 1 rings (SSSR count). The predicted octanol–water partition coefficient (Wildman–Crippen LogP) is 2.74. The zero-order valence-corrected chi connectivity index (χ0v) is 11.1. The van der Waals surface area contributed by atoms with Gasteiger partial charge in [-0.25, -0.2) is 0 Å². The van der Waals surface area contributed by atoms with Crippen molar-refractivity contribution in [3.8, 4) is 17.2 Å². The second-order valence-corrected chi connectivity index (χ2v) is 3.99. The molecule has 100 valence electrons. The fourth-order valence-electron chi connectivity index (χ4n) is 1.87. The monoisotopic (exact) mass is 255 g/mol. The van der Waals surface area contributed by atoms with Crippen LogP contribution in [-0.4, -0.2) is 26.3 Å². The summed E-state index contributed by atoms with van der Waals surface area (Å²) in [6, 6.07) is 1.31. The summed E-state index contributed by atoms with van der Waals surface area (Å²) >= 11 is 0. The van der Waals surface area contributed by atoms with E-state index in [9.17, 15) is 10.1 Å². The summed E-state index contributed by atoms with van der Waals surface area (Å²) in [4.78, 5) is 10.6. The zero-order valence-electron chi connectivity index (χ0n) is 11.1. The fraction of sp³-hybridized carbons (Fsp3) is 0.500. The van der Waals surface area contributed by atoms with Crippen molar-refractivity contribution < 1.29 is 19.1 Å². The lowest BCUT2D eigenvalue weighted by Crippen LogP contribution is -2.04. The molecule has 0 heterocycles. The van der Waals surface area contributed by atoms with Gasteiger partial charge in [-0.1, -0.05) is 13.8 Å². The Morgan fingerprint density at radius 2 is 1.67 bits per heavy atom. The first-order valence-electron chi connectivity index (χ1n) is 5.45. The Hall–Kier alpha value is -1.98. The quantitative estimate of drug-likeness (QED) is 0.597. The van der Waals surface area contributed by atoms with Crippen molar-refractivity contribution in [3.63, 3.8) is 0 Å². The topological polar surface area (TPSA) is 70.8 Å². The average Bonchev–Trinajstić information content (AvgIpc) is 2.35. The molecule has 18 heavy (non-hydrogen) atoms. The molecule has 6 heteroatoms. The molecule has 0 aliphatic rings. The highest BCUT2D eigenvalue weighted by Crippen LogP contribution is 2.47. The predicted molar refractivity (Wildman–Crippen MR) is 66.8 cm³/mol. The molecule has 0 fully saturated rings. The summed E-state index contributed by atoms with van der Waals surface area (Å²) in [5.74, 6) is 1.01. The van der Waals surface area contributed by atoms with Crippen LogP contribution in [0.1, 0.15) is 25.3 Å². The van der Waals surface area contributed by atoms with Gasteiger partial charge in [-0.3, -0.25) is 10.1 Å². The summed E-state index contributed by atoms with van der Waals surface area (Å²) in [5.41, 5.74) is 0.505. The molecule has 0 saturated heterocycles. The number of rotatable bonds is 5. The van der Waals surface area contributed by atoms with Gasteiger partial charge >= 0.3 is 5.69 Å². The van der Waals surface area contributed by atoms with E-state index in [0.717, 1.165) is 0 Å². The van der Waals surface area contributed by atoms with Gasteiger partial charge in [-0.2, -0.15) is 0 Å². The van der Waals surface area contributed by atoms with Crippen LogP contribution in [0.4, 0.5) is 5.69 Å².